The highest BCUT2D eigenvalue weighted by Crippen LogP contribution is 2.19. The summed E-state index contributed by atoms with van der Waals surface area (Å²) in [4.78, 5) is 23.1. The Labute approximate surface area is 97.9 Å². The van der Waals surface area contributed by atoms with E-state index in [0.29, 0.717) is 0 Å². The number of carbonyl (C=O) groups is 2. The third-order valence-electron chi connectivity index (χ3n) is 2.18. The van der Waals surface area contributed by atoms with E-state index in [-0.39, 0.29) is 30.0 Å². The zero-order valence-electron chi connectivity index (χ0n) is 10.9. The van der Waals surface area contributed by atoms with Crippen LogP contribution in [0.3, 0.4) is 0 Å². The molecule has 1 atom stereocenters. The van der Waals surface area contributed by atoms with Gasteiger partial charge in [-0.05, 0) is 32.8 Å². The summed E-state index contributed by atoms with van der Waals surface area (Å²) < 4.78 is 5.19. The number of allylic oxidation sites excluding steroid dienone is 1. The molecule has 0 rings (SSSR count). The molecule has 0 aromatic heterocycles. The third kappa shape index (κ3) is 5.69. The molecule has 0 unspecified atom stereocenters. The molecule has 0 aromatic rings. The molecule has 0 fully saturated rings. The molecule has 16 heavy (non-hydrogen) atoms. The van der Waals surface area contributed by atoms with Crippen LogP contribution in [-0.4, -0.2) is 17.4 Å². The minimum atomic E-state index is -0.504. The molecule has 0 saturated carbocycles. The smallest absolute Gasteiger partial charge is 0.307 e. The van der Waals surface area contributed by atoms with Gasteiger partial charge in [0.1, 0.15) is 5.60 Å². The van der Waals surface area contributed by atoms with Crippen molar-refractivity contribution in [3.05, 3.63) is 12.7 Å². The molecule has 0 aliphatic carbocycles. The topological polar surface area (TPSA) is 43.4 Å². The van der Waals surface area contributed by atoms with Crippen molar-refractivity contribution < 1.29 is 14.3 Å². The van der Waals surface area contributed by atoms with E-state index in [1.165, 1.54) is 6.08 Å². The molecule has 92 valence electrons. The molecule has 0 saturated heterocycles. The average molecular weight is 226 g/mol. The first-order valence-electron chi connectivity index (χ1n) is 5.55. The minimum absolute atomic E-state index is 0.0964. The van der Waals surface area contributed by atoms with Gasteiger partial charge in [0.2, 0.25) is 0 Å². The molecular formula is C13H22O3. The summed E-state index contributed by atoms with van der Waals surface area (Å²) in [6.07, 6.45) is 1.40. The molecular weight excluding hydrogens is 204 g/mol. The van der Waals surface area contributed by atoms with Crippen LogP contribution in [-0.2, 0) is 14.3 Å². The predicted molar refractivity (Wildman–Crippen MR) is 64.0 cm³/mol. The van der Waals surface area contributed by atoms with E-state index >= 15 is 0 Å². The van der Waals surface area contributed by atoms with Crippen LogP contribution in [0.5, 0.6) is 0 Å². The molecule has 0 spiro atoms. The summed E-state index contributed by atoms with van der Waals surface area (Å²) in [6, 6.07) is 0. The van der Waals surface area contributed by atoms with E-state index in [2.05, 4.69) is 6.58 Å². The normalized spacial score (nSPS) is 13.4. The van der Waals surface area contributed by atoms with Crippen LogP contribution in [0.1, 0.15) is 41.0 Å². The van der Waals surface area contributed by atoms with Gasteiger partial charge >= 0.3 is 5.97 Å². The predicted octanol–water partition coefficient (Wildman–Crippen LogP) is 2.75. The van der Waals surface area contributed by atoms with Gasteiger partial charge < -0.3 is 4.74 Å². The van der Waals surface area contributed by atoms with Crippen molar-refractivity contribution in [3.63, 3.8) is 0 Å². The number of hydrogen-bond acceptors (Lipinski definition) is 3. The lowest BCUT2D eigenvalue weighted by Crippen LogP contribution is -2.28. The van der Waals surface area contributed by atoms with Crippen LogP contribution >= 0.6 is 0 Å². The Kier molecular flexibility index (Phi) is 5.42. The van der Waals surface area contributed by atoms with E-state index in [4.69, 9.17) is 4.74 Å². The molecule has 0 N–H and O–H groups in total. The second kappa shape index (κ2) is 5.83. The summed E-state index contributed by atoms with van der Waals surface area (Å²) in [5.74, 6) is -0.646. The van der Waals surface area contributed by atoms with Gasteiger partial charge in [-0.3, -0.25) is 9.59 Å². The van der Waals surface area contributed by atoms with E-state index in [9.17, 15) is 9.59 Å². The minimum Gasteiger partial charge on any atom is -0.460 e. The third-order valence-corrected chi connectivity index (χ3v) is 2.18. The summed E-state index contributed by atoms with van der Waals surface area (Å²) in [5, 5.41) is 0. The number of carbonyl (C=O) groups excluding carboxylic acids is 2. The van der Waals surface area contributed by atoms with Gasteiger partial charge in [0.15, 0.2) is 5.78 Å². The standard InChI is InChI=1S/C13H22O3/c1-7-11(14)10(9(2)3)8-12(15)16-13(4,5)6/h7,9-10H,1,8H2,2-6H3/t10-/m1/s1. The van der Waals surface area contributed by atoms with E-state index < -0.39 is 5.60 Å². The molecule has 3 nitrogen and oxygen atoms in total. The Morgan fingerprint density at radius 1 is 1.31 bits per heavy atom. The lowest BCUT2D eigenvalue weighted by molar-refractivity contribution is -0.157. The highest BCUT2D eigenvalue weighted by Gasteiger charge is 2.26. The lowest BCUT2D eigenvalue weighted by Gasteiger charge is -2.22. The molecule has 0 bridgehead atoms. The average Bonchev–Trinajstić information content (AvgIpc) is 2.09. The molecule has 0 amide bonds. The first kappa shape index (κ1) is 14.9. The van der Waals surface area contributed by atoms with Crippen LogP contribution in [0.15, 0.2) is 12.7 Å². The Bertz CT molecular complexity index is 271. The van der Waals surface area contributed by atoms with Gasteiger partial charge in [0.05, 0.1) is 6.42 Å². The summed E-state index contributed by atoms with van der Waals surface area (Å²) >= 11 is 0. The first-order chi connectivity index (χ1) is 7.17. The highest BCUT2D eigenvalue weighted by molar-refractivity contribution is 5.93. The van der Waals surface area contributed by atoms with Crippen LogP contribution < -0.4 is 0 Å². The summed E-state index contributed by atoms with van der Waals surface area (Å²) in [6.45, 7) is 12.7. The van der Waals surface area contributed by atoms with Crippen LogP contribution in [0.25, 0.3) is 0 Å². The molecule has 0 aliphatic rings. The van der Waals surface area contributed by atoms with Crippen LogP contribution in [0.4, 0.5) is 0 Å². The number of ketones is 1. The number of hydrogen-bond donors (Lipinski definition) is 0. The van der Waals surface area contributed by atoms with E-state index in [1.807, 2.05) is 34.6 Å². The van der Waals surface area contributed by atoms with Gasteiger partial charge in [-0.1, -0.05) is 20.4 Å². The Hall–Kier alpha value is -1.12. The zero-order valence-corrected chi connectivity index (χ0v) is 10.9. The number of ether oxygens (including phenoxy) is 1. The van der Waals surface area contributed by atoms with E-state index in [1.54, 1.807) is 0 Å². The largest absolute Gasteiger partial charge is 0.460 e. The van der Waals surface area contributed by atoms with Crippen molar-refractivity contribution in [2.24, 2.45) is 11.8 Å². The maximum absolute atomic E-state index is 11.6. The van der Waals surface area contributed by atoms with Gasteiger partial charge in [-0.15, -0.1) is 0 Å². The van der Waals surface area contributed by atoms with Crippen LogP contribution in [0.2, 0.25) is 0 Å². The van der Waals surface area contributed by atoms with E-state index in [0.717, 1.165) is 0 Å². The number of rotatable bonds is 5. The second-order valence-electron chi connectivity index (χ2n) is 5.25. The van der Waals surface area contributed by atoms with Gasteiger partial charge in [0, 0.05) is 5.92 Å². The van der Waals surface area contributed by atoms with Crippen molar-refractivity contribution in [2.45, 2.75) is 46.6 Å². The number of esters is 1. The Balaban J connectivity index is 4.48. The molecule has 3 heteroatoms. The Morgan fingerprint density at radius 2 is 1.81 bits per heavy atom. The van der Waals surface area contributed by atoms with Crippen molar-refractivity contribution >= 4 is 11.8 Å². The molecule has 0 aliphatic heterocycles. The monoisotopic (exact) mass is 226 g/mol. The molecule has 0 radical (unpaired) electrons. The van der Waals surface area contributed by atoms with Gasteiger partial charge in [-0.2, -0.15) is 0 Å². The van der Waals surface area contributed by atoms with Crippen molar-refractivity contribution in [1.82, 2.24) is 0 Å². The van der Waals surface area contributed by atoms with Crippen LogP contribution in [0, 0.1) is 11.8 Å². The zero-order chi connectivity index (χ0) is 12.9. The van der Waals surface area contributed by atoms with Crippen molar-refractivity contribution in [2.75, 3.05) is 0 Å². The first-order valence-corrected chi connectivity index (χ1v) is 5.55. The summed E-state index contributed by atoms with van der Waals surface area (Å²) in [7, 11) is 0. The van der Waals surface area contributed by atoms with Crippen molar-refractivity contribution in [1.29, 1.82) is 0 Å². The maximum atomic E-state index is 11.6. The quantitative estimate of drug-likeness (QED) is 0.535. The molecule has 0 aromatic carbocycles. The SMILES string of the molecule is C=CC(=O)[C@H](CC(=O)OC(C)(C)C)C(C)C. The lowest BCUT2D eigenvalue weighted by atomic mass is 9.88. The molecule has 0 heterocycles. The van der Waals surface area contributed by atoms with Gasteiger partial charge in [-0.25, -0.2) is 0 Å². The van der Waals surface area contributed by atoms with Crippen molar-refractivity contribution in [3.8, 4) is 0 Å². The fourth-order valence-corrected chi connectivity index (χ4v) is 1.38. The van der Waals surface area contributed by atoms with Gasteiger partial charge in [0.25, 0.3) is 0 Å². The maximum Gasteiger partial charge on any atom is 0.307 e. The summed E-state index contributed by atoms with van der Waals surface area (Å²) in [5.41, 5.74) is -0.504. The fourth-order valence-electron chi connectivity index (χ4n) is 1.38. The fraction of sp³-hybridized carbons (Fsp3) is 0.692. The highest BCUT2D eigenvalue weighted by atomic mass is 16.6. The Morgan fingerprint density at radius 3 is 2.12 bits per heavy atom. The second-order valence-corrected chi connectivity index (χ2v) is 5.25.